The molecular weight excluding hydrogens is 158 g/mol. The van der Waals surface area contributed by atoms with Gasteiger partial charge in [0.05, 0.1) is 0 Å². The standard InChI is InChI=1S/C8H13NO3/c1-8(2,3)5(7(11)12)4-6(9)10/h4H,1-3H3,(H2,9,10)(H,11,12). The number of amides is 1. The largest absolute Gasteiger partial charge is 0.478 e. The normalized spacial score (nSPS) is 12.8. The fourth-order valence-electron chi connectivity index (χ4n) is 0.741. The quantitative estimate of drug-likeness (QED) is 0.594. The van der Waals surface area contributed by atoms with Gasteiger partial charge in [0.2, 0.25) is 5.91 Å². The van der Waals surface area contributed by atoms with Crippen LogP contribution in [0.15, 0.2) is 11.6 Å². The zero-order chi connectivity index (χ0) is 9.94. The van der Waals surface area contributed by atoms with E-state index in [0.717, 1.165) is 6.08 Å². The second kappa shape index (κ2) is 3.38. The van der Waals surface area contributed by atoms with Crippen LogP contribution in [-0.2, 0) is 9.59 Å². The van der Waals surface area contributed by atoms with Crippen molar-refractivity contribution in [3.63, 3.8) is 0 Å². The molecule has 0 unspecified atom stereocenters. The third-order valence-corrected chi connectivity index (χ3v) is 1.33. The molecule has 0 saturated heterocycles. The Morgan fingerprint density at radius 2 is 1.75 bits per heavy atom. The van der Waals surface area contributed by atoms with E-state index >= 15 is 0 Å². The van der Waals surface area contributed by atoms with Crippen LogP contribution in [0, 0.1) is 5.41 Å². The van der Waals surface area contributed by atoms with E-state index in [9.17, 15) is 9.59 Å². The SMILES string of the molecule is CC(C)(C)C(=CC(N)=O)C(=O)O. The van der Waals surface area contributed by atoms with E-state index < -0.39 is 17.3 Å². The summed E-state index contributed by atoms with van der Waals surface area (Å²) in [7, 11) is 0. The zero-order valence-corrected chi connectivity index (χ0v) is 7.42. The van der Waals surface area contributed by atoms with Crippen LogP contribution in [0.5, 0.6) is 0 Å². The zero-order valence-electron chi connectivity index (χ0n) is 7.42. The topological polar surface area (TPSA) is 80.4 Å². The Balaban J connectivity index is 4.94. The molecule has 0 aromatic carbocycles. The first kappa shape index (κ1) is 10.7. The molecule has 4 nitrogen and oxygen atoms in total. The van der Waals surface area contributed by atoms with Crippen LogP contribution in [-0.4, -0.2) is 17.0 Å². The summed E-state index contributed by atoms with van der Waals surface area (Å²) in [5.41, 5.74) is 4.30. The van der Waals surface area contributed by atoms with Crippen LogP contribution in [0.25, 0.3) is 0 Å². The van der Waals surface area contributed by atoms with Crippen molar-refractivity contribution >= 4 is 11.9 Å². The highest BCUT2D eigenvalue weighted by molar-refractivity contribution is 5.97. The molecule has 0 aromatic rings. The van der Waals surface area contributed by atoms with Gasteiger partial charge in [-0.05, 0) is 5.41 Å². The first-order chi connectivity index (χ1) is 5.25. The molecule has 3 N–H and O–H groups in total. The first-order valence-corrected chi connectivity index (χ1v) is 3.50. The molecule has 0 aliphatic rings. The molecule has 0 spiro atoms. The lowest BCUT2D eigenvalue weighted by Gasteiger charge is -2.18. The van der Waals surface area contributed by atoms with Gasteiger partial charge in [0.1, 0.15) is 0 Å². The number of aliphatic carboxylic acids is 1. The molecule has 0 fully saturated rings. The van der Waals surface area contributed by atoms with E-state index in [2.05, 4.69) is 0 Å². The number of hydrogen-bond acceptors (Lipinski definition) is 2. The minimum Gasteiger partial charge on any atom is -0.478 e. The molecule has 1 amide bonds. The van der Waals surface area contributed by atoms with Crippen LogP contribution in [0.4, 0.5) is 0 Å². The number of carbonyl (C=O) groups is 2. The van der Waals surface area contributed by atoms with E-state index in [1.807, 2.05) is 0 Å². The maximum Gasteiger partial charge on any atom is 0.332 e. The number of nitrogens with two attached hydrogens (primary N) is 1. The molecule has 4 heteroatoms. The molecule has 0 radical (unpaired) electrons. The summed E-state index contributed by atoms with van der Waals surface area (Å²) in [6.07, 6.45) is 0.947. The van der Waals surface area contributed by atoms with Crippen LogP contribution in [0.2, 0.25) is 0 Å². The molecule has 12 heavy (non-hydrogen) atoms. The Labute approximate surface area is 71.1 Å². The monoisotopic (exact) mass is 171 g/mol. The lowest BCUT2D eigenvalue weighted by molar-refractivity contribution is -0.134. The molecular formula is C8H13NO3. The van der Waals surface area contributed by atoms with Gasteiger partial charge in [0.25, 0.3) is 0 Å². The Kier molecular flexibility index (Phi) is 3.01. The van der Waals surface area contributed by atoms with Gasteiger partial charge in [-0.15, -0.1) is 0 Å². The molecule has 0 aliphatic carbocycles. The van der Waals surface area contributed by atoms with Gasteiger partial charge >= 0.3 is 5.97 Å². The summed E-state index contributed by atoms with van der Waals surface area (Å²) in [5.74, 6) is -1.84. The minimum atomic E-state index is -1.11. The van der Waals surface area contributed by atoms with E-state index in [-0.39, 0.29) is 5.57 Å². The summed E-state index contributed by atoms with van der Waals surface area (Å²) in [5, 5.41) is 8.68. The van der Waals surface area contributed by atoms with Gasteiger partial charge in [-0.3, -0.25) is 4.79 Å². The summed E-state index contributed by atoms with van der Waals surface area (Å²) >= 11 is 0. The van der Waals surface area contributed by atoms with E-state index in [1.165, 1.54) is 0 Å². The lowest BCUT2D eigenvalue weighted by atomic mass is 9.86. The van der Waals surface area contributed by atoms with Gasteiger partial charge in [0.15, 0.2) is 0 Å². The van der Waals surface area contributed by atoms with Crippen molar-refractivity contribution in [3.8, 4) is 0 Å². The fraction of sp³-hybridized carbons (Fsp3) is 0.500. The smallest absolute Gasteiger partial charge is 0.332 e. The minimum absolute atomic E-state index is 0.0231. The van der Waals surface area contributed by atoms with E-state index in [4.69, 9.17) is 10.8 Å². The second-order valence-corrected chi connectivity index (χ2v) is 3.52. The molecule has 0 aliphatic heterocycles. The number of carboxylic acid groups (broad SMARTS) is 1. The van der Waals surface area contributed by atoms with Gasteiger partial charge in [0, 0.05) is 11.6 Å². The molecule has 0 rings (SSSR count). The molecule has 0 heterocycles. The first-order valence-electron chi connectivity index (χ1n) is 3.50. The Bertz CT molecular complexity index is 235. The fourth-order valence-corrected chi connectivity index (χ4v) is 0.741. The van der Waals surface area contributed by atoms with Gasteiger partial charge in [-0.1, -0.05) is 20.8 Å². The van der Waals surface area contributed by atoms with E-state index in [1.54, 1.807) is 20.8 Å². The Morgan fingerprint density at radius 1 is 1.33 bits per heavy atom. The predicted octanol–water partition coefficient (Wildman–Crippen LogP) is 0.529. The highest BCUT2D eigenvalue weighted by atomic mass is 16.4. The van der Waals surface area contributed by atoms with Crippen LogP contribution < -0.4 is 5.73 Å². The van der Waals surface area contributed by atoms with E-state index in [0.29, 0.717) is 0 Å². The number of primary amides is 1. The van der Waals surface area contributed by atoms with Gasteiger partial charge in [-0.2, -0.15) is 0 Å². The third kappa shape index (κ3) is 3.18. The molecule has 0 bridgehead atoms. The number of carbonyl (C=O) groups excluding carboxylic acids is 1. The van der Waals surface area contributed by atoms with Crippen LogP contribution >= 0.6 is 0 Å². The molecule has 0 saturated carbocycles. The van der Waals surface area contributed by atoms with Crippen molar-refractivity contribution in [3.05, 3.63) is 11.6 Å². The Morgan fingerprint density at radius 3 is 1.83 bits per heavy atom. The maximum atomic E-state index is 10.6. The number of hydrogen-bond donors (Lipinski definition) is 2. The average molecular weight is 171 g/mol. The van der Waals surface area contributed by atoms with Crippen molar-refractivity contribution in [1.82, 2.24) is 0 Å². The highest BCUT2D eigenvalue weighted by Crippen LogP contribution is 2.24. The highest BCUT2D eigenvalue weighted by Gasteiger charge is 2.23. The number of rotatable bonds is 2. The molecule has 0 atom stereocenters. The van der Waals surface area contributed by atoms with Crippen molar-refractivity contribution in [2.24, 2.45) is 11.1 Å². The lowest BCUT2D eigenvalue weighted by Crippen LogP contribution is -2.20. The van der Waals surface area contributed by atoms with Crippen molar-refractivity contribution < 1.29 is 14.7 Å². The summed E-state index contributed by atoms with van der Waals surface area (Å²) < 4.78 is 0. The van der Waals surface area contributed by atoms with Crippen molar-refractivity contribution in [1.29, 1.82) is 0 Å². The van der Waals surface area contributed by atoms with Crippen LogP contribution in [0.3, 0.4) is 0 Å². The van der Waals surface area contributed by atoms with Crippen molar-refractivity contribution in [2.75, 3.05) is 0 Å². The second-order valence-electron chi connectivity index (χ2n) is 3.52. The Hall–Kier alpha value is -1.32. The van der Waals surface area contributed by atoms with Crippen LogP contribution in [0.1, 0.15) is 20.8 Å². The third-order valence-electron chi connectivity index (χ3n) is 1.33. The molecule has 68 valence electrons. The number of carboxylic acids is 1. The summed E-state index contributed by atoms with van der Waals surface area (Å²) in [6.45, 7) is 5.11. The molecule has 0 aromatic heterocycles. The maximum absolute atomic E-state index is 10.6. The van der Waals surface area contributed by atoms with Gasteiger partial charge < -0.3 is 10.8 Å². The van der Waals surface area contributed by atoms with Crippen molar-refractivity contribution in [2.45, 2.75) is 20.8 Å². The average Bonchev–Trinajstić information content (AvgIpc) is 1.79. The predicted molar refractivity (Wildman–Crippen MR) is 44.4 cm³/mol. The van der Waals surface area contributed by atoms with Gasteiger partial charge in [-0.25, -0.2) is 4.79 Å². The summed E-state index contributed by atoms with van der Waals surface area (Å²) in [4.78, 5) is 21.0. The summed E-state index contributed by atoms with van der Waals surface area (Å²) in [6, 6.07) is 0.